The fraction of sp³-hybridized carbons (Fsp3) is 0.500. The first kappa shape index (κ1) is 19.8. The molecule has 1 aromatic rings. The Bertz CT molecular complexity index is 594. The van der Waals surface area contributed by atoms with Crippen LogP contribution in [-0.4, -0.2) is 18.2 Å². The Kier molecular flexibility index (Phi) is 8.64. The van der Waals surface area contributed by atoms with Gasteiger partial charge in [0.1, 0.15) is 17.4 Å². The molecule has 0 aliphatic rings. The smallest absolute Gasteiger partial charge is 0.346 e. The summed E-state index contributed by atoms with van der Waals surface area (Å²) < 4.78 is 5.13. The van der Waals surface area contributed by atoms with Crippen LogP contribution in [-0.2, 0) is 4.79 Å². The van der Waals surface area contributed by atoms with E-state index in [1.165, 1.54) is 12.8 Å². The van der Waals surface area contributed by atoms with Crippen LogP contribution < -0.4 is 4.74 Å². The number of nitriles is 1. The zero-order chi connectivity index (χ0) is 17.9. The zero-order valence-corrected chi connectivity index (χ0v) is 14.8. The molecule has 0 bridgehead atoms. The number of rotatable bonds is 10. The summed E-state index contributed by atoms with van der Waals surface area (Å²) in [4.78, 5) is 11.4. The third kappa shape index (κ3) is 6.45. The largest absolute Gasteiger partial charge is 0.497 e. The first-order chi connectivity index (χ1) is 11.5. The van der Waals surface area contributed by atoms with Crippen LogP contribution in [0.5, 0.6) is 5.75 Å². The van der Waals surface area contributed by atoms with E-state index < -0.39 is 5.97 Å². The van der Waals surface area contributed by atoms with Gasteiger partial charge in [-0.3, -0.25) is 0 Å². The van der Waals surface area contributed by atoms with Crippen molar-refractivity contribution >= 4 is 11.5 Å². The highest BCUT2D eigenvalue weighted by Gasteiger charge is 2.15. The van der Waals surface area contributed by atoms with Gasteiger partial charge in [0.15, 0.2) is 0 Å². The molecule has 1 N–H and O–H groups in total. The Morgan fingerprint density at radius 2 is 1.79 bits per heavy atom. The lowest BCUT2D eigenvalue weighted by molar-refractivity contribution is -0.132. The van der Waals surface area contributed by atoms with E-state index in [-0.39, 0.29) is 5.57 Å². The predicted octanol–water partition coefficient (Wildman–Crippen LogP) is 5.05. The van der Waals surface area contributed by atoms with Gasteiger partial charge < -0.3 is 9.84 Å². The number of benzene rings is 1. The van der Waals surface area contributed by atoms with E-state index in [0.29, 0.717) is 17.7 Å². The van der Waals surface area contributed by atoms with Crippen LogP contribution in [0.25, 0.3) is 5.57 Å². The molecule has 0 atom stereocenters. The number of hydrogen-bond donors (Lipinski definition) is 1. The van der Waals surface area contributed by atoms with Crippen molar-refractivity contribution in [3.8, 4) is 11.8 Å². The maximum Gasteiger partial charge on any atom is 0.346 e. The van der Waals surface area contributed by atoms with E-state index in [9.17, 15) is 15.2 Å². The van der Waals surface area contributed by atoms with Gasteiger partial charge in [0, 0.05) is 0 Å². The molecule has 0 amide bonds. The highest BCUT2D eigenvalue weighted by atomic mass is 16.5. The third-order valence-corrected chi connectivity index (χ3v) is 4.02. The maximum absolute atomic E-state index is 11.4. The number of unbranched alkanes of at least 4 members (excludes halogenated alkanes) is 3. The van der Waals surface area contributed by atoms with Crippen LogP contribution in [0.1, 0.15) is 57.9 Å². The summed E-state index contributed by atoms with van der Waals surface area (Å²) in [7, 11) is 1.58. The molecule has 0 saturated carbocycles. The van der Waals surface area contributed by atoms with E-state index in [1.807, 2.05) is 18.2 Å². The standard InChI is InChI=1S/C20H27NO3/c1-15(2)8-6-4-5-7-9-18(19(14-21)20(22)23)16-10-12-17(24-3)13-11-16/h10-13,15H,4-9H2,1-3H3,(H,22,23). The lowest BCUT2D eigenvalue weighted by atomic mass is 9.94. The Balaban J connectivity index is 2.80. The minimum absolute atomic E-state index is 0.164. The van der Waals surface area contributed by atoms with E-state index in [0.717, 1.165) is 30.7 Å². The average Bonchev–Trinajstić information content (AvgIpc) is 2.56. The zero-order valence-electron chi connectivity index (χ0n) is 14.8. The number of nitrogens with zero attached hydrogens (tertiary/aromatic N) is 1. The summed E-state index contributed by atoms with van der Waals surface area (Å²) in [6, 6.07) is 9.04. The molecule has 1 aromatic carbocycles. The highest BCUT2D eigenvalue weighted by Crippen LogP contribution is 2.27. The second kappa shape index (κ2) is 10.5. The molecular formula is C20H27NO3. The van der Waals surface area contributed by atoms with Gasteiger partial charge in [-0.25, -0.2) is 4.79 Å². The van der Waals surface area contributed by atoms with Crippen molar-refractivity contribution in [2.24, 2.45) is 5.92 Å². The van der Waals surface area contributed by atoms with E-state index >= 15 is 0 Å². The Morgan fingerprint density at radius 1 is 1.17 bits per heavy atom. The number of carboxylic acids is 1. The molecule has 0 heterocycles. The van der Waals surface area contributed by atoms with Crippen molar-refractivity contribution in [2.75, 3.05) is 7.11 Å². The van der Waals surface area contributed by atoms with Crippen molar-refractivity contribution in [3.63, 3.8) is 0 Å². The third-order valence-electron chi connectivity index (χ3n) is 4.02. The minimum atomic E-state index is -1.16. The number of allylic oxidation sites excluding steroid dienone is 1. The molecule has 0 radical (unpaired) electrons. The summed E-state index contributed by atoms with van der Waals surface area (Å²) >= 11 is 0. The number of carboxylic acid groups (broad SMARTS) is 1. The molecule has 130 valence electrons. The summed E-state index contributed by atoms with van der Waals surface area (Å²) in [6.45, 7) is 4.44. The molecular weight excluding hydrogens is 302 g/mol. The van der Waals surface area contributed by atoms with Gasteiger partial charge in [0.05, 0.1) is 7.11 Å². The van der Waals surface area contributed by atoms with Gasteiger partial charge >= 0.3 is 5.97 Å². The Hall–Kier alpha value is -2.28. The number of hydrogen-bond acceptors (Lipinski definition) is 3. The highest BCUT2D eigenvalue weighted by molar-refractivity contribution is 6.00. The molecule has 24 heavy (non-hydrogen) atoms. The Morgan fingerprint density at radius 3 is 2.29 bits per heavy atom. The van der Waals surface area contributed by atoms with E-state index in [1.54, 1.807) is 19.2 Å². The van der Waals surface area contributed by atoms with Crippen molar-refractivity contribution in [3.05, 3.63) is 35.4 Å². The van der Waals surface area contributed by atoms with Crippen molar-refractivity contribution in [2.45, 2.75) is 52.4 Å². The quantitative estimate of drug-likeness (QED) is 0.370. The summed E-state index contributed by atoms with van der Waals surface area (Å²) in [5.41, 5.74) is 1.22. The lowest BCUT2D eigenvalue weighted by Crippen LogP contribution is -2.03. The van der Waals surface area contributed by atoms with Crippen LogP contribution in [0.3, 0.4) is 0 Å². The van der Waals surface area contributed by atoms with Crippen LogP contribution in [0.15, 0.2) is 29.8 Å². The molecule has 1 rings (SSSR count). The van der Waals surface area contributed by atoms with Gasteiger partial charge in [-0.15, -0.1) is 0 Å². The summed E-state index contributed by atoms with van der Waals surface area (Å²) in [5.74, 6) is 0.265. The molecule has 4 nitrogen and oxygen atoms in total. The first-order valence-corrected chi connectivity index (χ1v) is 8.50. The maximum atomic E-state index is 11.4. The van der Waals surface area contributed by atoms with Crippen LogP contribution in [0, 0.1) is 17.2 Å². The van der Waals surface area contributed by atoms with Gasteiger partial charge in [0.25, 0.3) is 0 Å². The molecule has 0 aromatic heterocycles. The topological polar surface area (TPSA) is 70.3 Å². The van der Waals surface area contributed by atoms with Crippen LogP contribution in [0.2, 0.25) is 0 Å². The lowest BCUT2D eigenvalue weighted by Gasteiger charge is -2.10. The van der Waals surface area contributed by atoms with Gasteiger partial charge in [-0.2, -0.15) is 5.26 Å². The van der Waals surface area contributed by atoms with Gasteiger partial charge in [-0.1, -0.05) is 51.7 Å². The first-order valence-electron chi connectivity index (χ1n) is 8.50. The monoisotopic (exact) mass is 329 g/mol. The molecule has 4 heteroatoms. The van der Waals surface area contributed by atoms with Crippen LogP contribution >= 0.6 is 0 Å². The van der Waals surface area contributed by atoms with Gasteiger partial charge in [0.2, 0.25) is 0 Å². The Labute approximate surface area is 144 Å². The fourth-order valence-electron chi connectivity index (χ4n) is 2.66. The molecule has 0 aliphatic heterocycles. The van der Waals surface area contributed by atoms with E-state index in [2.05, 4.69) is 13.8 Å². The summed E-state index contributed by atoms with van der Waals surface area (Å²) in [6.07, 6.45) is 6.10. The number of ether oxygens (including phenoxy) is 1. The number of carbonyl (C=O) groups is 1. The molecule has 0 aliphatic carbocycles. The minimum Gasteiger partial charge on any atom is -0.497 e. The molecule has 0 fully saturated rings. The normalized spacial score (nSPS) is 11.8. The van der Waals surface area contributed by atoms with Crippen molar-refractivity contribution < 1.29 is 14.6 Å². The summed E-state index contributed by atoms with van der Waals surface area (Å²) in [5, 5.41) is 18.5. The fourth-order valence-corrected chi connectivity index (χ4v) is 2.66. The molecule has 0 unspecified atom stereocenters. The SMILES string of the molecule is COc1ccc(C(CCCCCCC(C)C)=C(C#N)C(=O)O)cc1. The number of aliphatic carboxylic acids is 1. The van der Waals surface area contributed by atoms with Crippen molar-refractivity contribution in [1.29, 1.82) is 5.26 Å². The number of methoxy groups -OCH3 is 1. The second-order valence-electron chi connectivity index (χ2n) is 6.35. The van der Waals surface area contributed by atoms with E-state index in [4.69, 9.17) is 4.74 Å². The van der Waals surface area contributed by atoms with Gasteiger partial charge in [-0.05, 0) is 42.0 Å². The predicted molar refractivity (Wildman–Crippen MR) is 95.7 cm³/mol. The molecule has 0 spiro atoms. The average molecular weight is 329 g/mol. The van der Waals surface area contributed by atoms with Crippen molar-refractivity contribution in [1.82, 2.24) is 0 Å². The van der Waals surface area contributed by atoms with Crippen LogP contribution in [0.4, 0.5) is 0 Å². The molecule has 0 saturated heterocycles. The second-order valence-corrected chi connectivity index (χ2v) is 6.35.